The molecule has 0 spiro atoms. The number of nitrogens with two attached hydrogens (primary N) is 1. The molecule has 0 saturated carbocycles. The molecule has 0 aliphatic carbocycles. The highest BCUT2D eigenvalue weighted by atomic mass is 79.9. The van der Waals surface area contributed by atoms with Crippen molar-refractivity contribution in [3.63, 3.8) is 0 Å². The van der Waals surface area contributed by atoms with Crippen molar-refractivity contribution >= 4 is 33.5 Å². The van der Waals surface area contributed by atoms with Crippen LogP contribution in [0.5, 0.6) is 0 Å². The number of urea groups is 1. The Morgan fingerprint density at radius 2 is 2.18 bits per heavy atom. The lowest BCUT2D eigenvalue weighted by molar-refractivity contribution is 0.230. The average Bonchev–Trinajstić information content (AvgIpc) is 2.28. The van der Waals surface area contributed by atoms with Crippen LogP contribution in [0.1, 0.15) is 5.56 Å². The van der Waals surface area contributed by atoms with Crippen molar-refractivity contribution in [2.24, 2.45) is 10.9 Å². The van der Waals surface area contributed by atoms with Crippen molar-refractivity contribution in [1.29, 1.82) is 0 Å². The van der Waals surface area contributed by atoms with Crippen molar-refractivity contribution in [2.75, 3.05) is 19.4 Å². The first-order valence-electron chi connectivity index (χ1n) is 4.71. The van der Waals surface area contributed by atoms with E-state index in [-0.39, 0.29) is 11.9 Å². The zero-order chi connectivity index (χ0) is 13.0. The summed E-state index contributed by atoms with van der Waals surface area (Å²) in [6.07, 6.45) is 0. The molecule has 4 N–H and O–H groups in total. The summed E-state index contributed by atoms with van der Waals surface area (Å²) in [4.78, 5) is 12.9. The lowest BCUT2D eigenvalue weighted by atomic mass is 10.1. The largest absolute Gasteiger partial charge is 0.409 e. The zero-order valence-electron chi connectivity index (χ0n) is 9.44. The SMILES string of the molecule is CN(C)C(=O)Nc1cc(Br)ccc1/C(N)=N/O. The third-order valence-corrected chi connectivity index (χ3v) is 2.51. The molecule has 0 aliphatic heterocycles. The van der Waals surface area contributed by atoms with Gasteiger partial charge in [0.25, 0.3) is 0 Å². The van der Waals surface area contributed by atoms with Gasteiger partial charge in [-0.15, -0.1) is 0 Å². The molecule has 0 unspecified atom stereocenters. The first-order valence-corrected chi connectivity index (χ1v) is 5.50. The Labute approximate surface area is 107 Å². The van der Waals surface area contributed by atoms with E-state index in [0.717, 1.165) is 4.47 Å². The van der Waals surface area contributed by atoms with Crippen molar-refractivity contribution in [2.45, 2.75) is 0 Å². The number of nitrogens with zero attached hydrogens (tertiary/aromatic N) is 2. The van der Waals surface area contributed by atoms with Gasteiger partial charge < -0.3 is 21.2 Å². The van der Waals surface area contributed by atoms with E-state index in [4.69, 9.17) is 10.9 Å². The van der Waals surface area contributed by atoms with Crippen LogP contribution in [0.15, 0.2) is 27.8 Å². The number of halogens is 1. The quantitative estimate of drug-likeness (QED) is 0.335. The topological polar surface area (TPSA) is 91.0 Å². The van der Waals surface area contributed by atoms with E-state index in [0.29, 0.717) is 11.3 Å². The summed E-state index contributed by atoms with van der Waals surface area (Å²) >= 11 is 3.29. The molecule has 1 aromatic rings. The molecule has 7 heteroatoms. The summed E-state index contributed by atoms with van der Waals surface area (Å²) in [5.41, 5.74) is 6.43. The van der Waals surface area contributed by atoms with Crippen LogP contribution in [0.2, 0.25) is 0 Å². The van der Waals surface area contributed by atoms with Crippen molar-refractivity contribution < 1.29 is 10.0 Å². The Bertz CT molecular complexity index is 460. The van der Waals surface area contributed by atoms with Gasteiger partial charge in [-0.1, -0.05) is 21.1 Å². The van der Waals surface area contributed by atoms with Crippen LogP contribution in [0, 0.1) is 0 Å². The van der Waals surface area contributed by atoms with Gasteiger partial charge >= 0.3 is 6.03 Å². The van der Waals surface area contributed by atoms with Gasteiger partial charge in [-0.2, -0.15) is 0 Å². The summed E-state index contributed by atoms with van der Waals surface area (Å²) in [5, 5.41) is 14.2. The molecule has 0 aliphatic rings. The Balaban J connectivity index is 3.12. The van der Waals surface area contributed by atoms with E-state index in [1.807, 2.05) is 0 Å². The number of anilines is 1. The molecule has 2 amide bonds. The number of hydrogen-bond donors (Lipinski definition) is 3. The number of nitrogens with one attached hydrogen (secondary N) is 1. The van der Waals surface area contributed by atoms with Crippen LogP contribution in [0.25, 0.3) is 0 Å². The molecular weight excluding hydrogens is 288 g/mol. The number of amides is 2. The molecule has 92 valence electrons. The van der Waals surface area contributed by atoms with Gasteiger partial charge in [0.2, 0.25) is 0 Å². The number of carbonyl (C=O) groups excluding carboxylic acids is 1. The first-order chi connectivity index (χ1) is 7.95. The molecule has 0 bridgehead atoms. The minimum absolute atomic E-state index is 0.0634. The van der Waals surface area contributed by atoms with E-state index in [2.05, 4.69) is 26.4 Å². The van der Waals surface area contributed by atoms with E-state index in [1.165, 1.54) is 4.90 Å². The van der Waals surface area contributed by atoms with E-state index < -0.39 is 0 Å². The van der Waals surface area contributed by atoms with Crippen LogP contribution >= 0.6 is 15.9 Å². The predicted molar refractivity (Wildman–Crippen MR) is 69.4 cm³/mol. The fraction of sp³-hybridized carbons (Fsp3) is 0.200. The Morgan fingerprint density at radius 3 is 2.71 bits per heavy atom. The minimum Gasteiger partial charge on any atom is -0.409 e. The van der Waals surface area contributed by atoms with Crippen molar-refractivity contribution in [3.05, 3.63) is 28.2 Å². The summed E-state index contributed by atoms with van der Waals surface area (Å²) in [7, 11) is 3.24. The lowest BCUT2D eigenvalue weighted by Crippen LogP contribution is -2.28. The Morgan fingerprint density at radius 1 is 1.53 bits per heavy atom. The van der Waals surface area contributed by atoms with Gasteiger partial charge in [0.05, 0.1) is 5.69 Å². The third-order valence-electron chi connectivity index (χ3n) is 2.01. The molecule has 0 aromatic heterocycles. The Hall–Kier alpha value is -1.76. The number of oxime groups is 1. The molecule has 17 heavy (non-hydrogen) atoms. The second kappa shape index (κ2) is 5.53. The highest BCUT2D eigenvalue weighted by molar-refractivity contribution is 9.10. The van der Waals surface area contributed by atoms with Crippen molar-refractivity contribution in [1.82, 2.24) is 4.90 Å². The van der Waals surface area contributed by atoms with E-state index >= 15 is 0 Å². The average molecular weight is 301 g/mol. The molecule has 6 nitrogen and oxygen atoms in total. The summed E-state index contributed by atoms with van der Waals surface area (Å²) in [6.45, 7) is 0. The molecule has 1 aromatic carbocycles. The highest BCUT2D eigenvalue weighted by Crippen LogP contribution is 2.21. The van der Waals surface area contributed by atoms with Gasteiger partial charge in [0, 0.05) is 24.1 Å². The fourth-order valence-corrected chi connectivity index (χ4v) is 1.49. The Kier molecular flexibility index (Phi) is 4.33. The van der Waals surface area contributed by atoms with Gasteiger partial charge in [0.1, 0.15) is 0 Å². The van der Waals surface area contributed by atoms with Gasteiger partial charge in [-0.25, -0.2) is 4.79 Å². The van der Waals surface area contributed by atoms with Crippen molar-refractivity contribution in [3.8, 4) is 0 Å². The van der Waals surface area contributed by atoms with Crippen LogP contribution in [-0.4, -0.2) is 36.1 Å². The fourth-order valence-electron chi connectivity index (χ4n) is 1.12. The monoisotopic (exact) mass is 300 g/mol. The summed E-state index contributed by atoms with van der Waals surface area (Å²) in [6, 6.07) is 4.76. The van der Waals surface area contributed by atoms with Crippen LogP contribution in [0.3, 0.4) is 0 Å². The summed E-state index contributed by atoms with van der Waals surface area (Å²) in [5.74, 6) is -0.0634. The number of rotatable bonds is 2. The van der Waals surface area contributed by atoms with Gasteiger partial charge in [0.15, 0.2) is 5.84 Å². The van der Waals surface area contributed by atoms with E-state index in [9.17, 15) is 4.79 Å². The van der Waals surface area contributed by atoms with Crippen LogP contribution < -0.4 is 11.1 Å². The summed E-state index contributed by atoms with van der Waals surface area (Å²) < 4.78 is 0.779. The van der Waals surface area contributed by atoms with Gasteiger partial charge in [-0.3, -0.25) is 0 Å². The maximum atomic E-state index is 11.5. The smallest absolute Gasteiger partial charge is 0.321 e. The number of carbonyl (C=O) groups is 1. The second-order valence-corrected chi connectivity index (χ2v) is 4.42. The standard InChI is InChI=1S/C10H13BrN4O2/c1-15(2)10(16)13-8-5-6(11)3-4-7(8)9(12)14-17/h3-5,17H,1-2H3,(H2,12,14)(H,13,16). The normalized spacial score (nSPS) is 11.1. The first kappa shape index (κ1) is 13.3. The predicted octanol–water partition coefficient (Wildman–Crippen LogP) is 1.64. The number of benzene rings is 1. The molecule has 0 fully saturated rings. The highest BCUT2D eigenvalue weighted by Gasteiger charge is 2.11. The second-order valence-electron chi connectivity index (χ2n) is 3.50. The number of amidine groups is 1. The zero-order valence-corrected chi connectivity index (χ0v) is 11.0. The maximum Gasteiger partial charge on any atom is 0.321 e. The minimum atomic E-state index is -0.296. The molecule has 0 atom stereocenters. The molecular formula is C10H13BrN4O2. The third kappa shape index (κ3) is 3.35. The molecule has 0 heterocycles. The van der Waals surface area contributed by atoms with Crippen LogP contribution in [0.4, 0.5) is 10.5 Å². The van der Waals surface area contributed by atoms with E-state index in [1.54, 1.807) is 32.3 Å². The van der Waals surface area contributed by atoms with Crippen LogP contribution in [-0.2, 0) is 0 Å². The van der Waals surface area contributed by atoms with Gasteiger partial charge in [-0.05, 0) is 18.2 Å². The maximum absolute atomic E-state index is 11.5. The lowest BCUT2D eigenvalue weighted by Gasteiger charge is -2.14. The molecule has 0 radical (unpaired) electrons. The molecule has 1 rings (SSSR count). The number of hydrogen-bond acceptors (Lipinski definition) is 3. The molecule has 0 saturated heterocycles.